The Kier molecular flexibility index (Phi) is 4.46. The third kappa shape index (κ3) is 3.40. The Bertz CT molecular complexity index is 640. The Morgan fingerprint density at radius 1 is 1.25 bits per heavy atom. The molecule has 0 bridgehead atoms. The molecule has 2 N–H and O–H groups in total. The van der Waals surface area contributed by atoms with E-state index in [4.69, 9.17) is 5.11 Å². The molecule has 0 saturated heterocycles. The van der Waals surface area contributed by atoms with Crippen molar-refractivity contribution in [3.63, 3.8) is 0 Å². The quantitative estimate of drug-likeness (QED) is 0.890. The van der Waals surface area contributed by atoms with Crippen LogP contribution in [-0.4, -0.2) is 11.1 Å². The van der Waals surface area contributed by atoms with E-state index in [-0.39, 0.29) is 11.4 Å². The molecule has 0 saturated carbocycles. The molecule has 0 unspecified atom stereocenters. The Morgan fingerprint density at radius 2 is 1.95 bits per heavy atom. The number of rotatable bonds is 5. The lowest BCUT2D eigenvalue weighted by Gasteiger charge is -2.06. The lowest BCUT2D eigenvalue weighted by molar-refractivity contribution is 0.0702. The summed E-state index contributed by atoms with van der Waals surface area (Å²) in [5.74, 6) is -2.15. The smallest absolute Gasteiger partial charge is 0.345 e. The molecular weight excluding hydrogens is 284 g/mol. The zero-order chi connectivity index (χ0) is 14.7. The lowest BCUT2D eigenvalue weighted by atomic mass is 10.2. The van der Waals surface area contributed by atoms with Crippen LogP contribution in [0.5, 0.6) is 0 Å². The first kappa shape index (κ1) is 14.6. The summed E-state index contributed by atoms with van der Waals surface area (Å²) in [5, 5.41) is 11.9. The van der Waals surface area contributed by atoms with E-state index >= 15 is 0 Å². The number of hydrogen-bond donors (Lipinski definition) is 2. The van der Waals surface area contributed by atoms with Crippen LogP contribution in [0.2, 0.25) is 0 Å². The number of halogens is 2. The second-order valence-corrected chi connectivity index (χ2v) is 5.59. The van der Waals surface area contributed by atoms with Gasteiger partial charge in [-0.15, -0.1) is 11.3 Å². The van der Waals surface area contributed by atoms with Crippen LogP contribution in [0.3, 0.4) is 0 Å². The van der Waals surface area contributed by atoms with Gasteiger partial charge in [-0.1, -0.05) is 6.07 Å². The topological polar surface area (TPSA) is 49.3 Å². The van der Waals surface area contributed by atoms with Gasteiger partial charge in [0, 0.05) is 29.6 Å². The molecule has 0 fully saturated rings. The van der Waals surface area contributed by atoms with E-state index in [9.17, 15) is 13.6 Å². The van der Waals surface area contributed by atoms with Crippen LogP contribution >= 0.6 is 11.3 Å². The van der Waals surface area contributed by atoms with Gasteiger partial charge in [-0.3, -0.25) is 0 Å². The highest BCUT2D eigenvalue weighted by Crippen LogP contribution is 2.21. The van der Waals surface area contributed by atoms with Gasteiger partial charge in [0.25, 0.3) is 0 Å². The summed E-state index contributed by atoms with van der Waals surface area (Å²) in [4.78, 5) is 12.0. The van der Waals surface area contributed by atoms with E-state index in [2.05, 4.69) is 5.32 Å². The Labute approximate surface area is 118 Å². The van der Waals surface area contributed by atoms with Gasteiger partial charge in [-0.25, -0.2) is 13.6 Å². The summed E-state index contributed by atoms with van der Waals surface area (Å²) >= 11 is 1.21. The Hall–Kier alpha value is -1.79. The normalized spacial score (nSPS) is 10.8. The minimum absolute atomic E-state index is 0.254. The molecule has 0 atom stereocenters. The summed E-state index contributed by atoms with van der Waals surface area (Å²) in [6.07, 6.45) is 0. The fourth-order valence-electron chi connectivity index (χ4n) is 1.80. The van der Waals surface area contributed by atoms with Crippen molar-refractivity contribution in [1.82, 2.24) is 5.32 Å². The van der Waals surface area contributed by atoms with Crippen molar-refractivity contribution < 1.29 is 18.7 Å². The molecule has 0 aliphatic rings. The molecule has 1 aromatic heterocycles. The first-order valence-electron chi connectivity index (χ1n) is 5.94. The number of carbonyl (C=O) groups is 1. The van der Waals surface area contributed by atoms with Crippen LogP contribution in [0.15, 0.2) is 24.3 Å². The number of aryl methyl sites for hydroxylation is 1. The summed E-state index contributed by atoms with van der Waals surface area (Å²) in [6.45, 7) is 2.53. The summed E-state index contributed by atoms with van der Waals surface area (Å²) in [6, 6.07) is 5.05. The third-order valence-corrected chi connectivity index (χ3v) is 3.96. The fourth-order valence-corrected chi connectivity index (χ4v) is 2.68. The lowest BCUT2D eigenvalue weighted by Crippen LogP contribution is -2.14. The van der Waals surface area contributed by atoms with Crippen LogP contribution in [0.25, 0.3) is 0 Å². The predicted molar refractivity (Wildman–Crippen MR) is 72.9 cm³/mol. The van der Waals surface area contributed by atoms with Crippen molar-refractivity contribution in [3.05, 3.63) is 56.8 Å². The second-order valence-electron chi connectivity index (χ2n) is 4.34. The number of nitrogens with one attached hydrogen (secondary N) is 1. The first-order chi connectivity index (χ1) is 9.47. The summed E-state index contributed by atoms with van der Waals surface area (Å²) < 4.78 is 26.2. The number of thiophene rings is 1. The number of aromatic carboxylic acids is 1. The second kappa shape index (κ2) is 6.11. The van der Waals surface area contributed by atoms with Crippen molar-refractivity contribution in [2.24, 2.45) is 0 Å². The van der Waals surface area contributed by atoms with Gasteiger partial charge in [-0.2, -0.15) is 0 Å². The monoisotopic (exact) mass is 297 g/mol. The van der Waals surface area contributed by atoms with Crippen molar-refractivity contribution in [2.75, 3.05) is 0 Å². The van der Waals surface area contributed by atoms with Crippen LogP contribution in [0.4, 0.5) is 8.78 Å². The molecule has 1 heterocycles. The van der Waals surface area contributed by atoms with Gasteiger partial charge >= 0.3 is 5.97 Å². The molecule has 0 spiro atoms. The predicted octanol–water partition coefficient (Wildman–Crippen LogP) is 3.32. The van der Waals surface area contributed by atoms with E-state index in [1.54, 1.807) is 6.07 Å². The number of benzene rings is 1. The highest BCUT2D eigenvalue weighted by molar-refractivity contribution is 7.14. The average Bonchev–Trinajstić information content (AvgIpc) is 2.74. The molecule has 0 aliphatic heterocycles. The Morgan fingerprint density at radius 3 is 2.55 bits per heavy atom. The van der Waals surface area contributed by atoms with Gasteiger partial charge < -0.3 is 10.4 Å². The zero-order valence-corrected chi connectivity index (χ0v) is 11.6. The van der Waals surface area contributed by atoms with E-state index in [1.807, 2.05) is 6.92 Å². The molecule has 0 amide bonds. The molecule has 20 heavy (non-hydrogen) atoms. The van der Waals surface area contributed by atoms with Gasteiger partial charge in [0.2, 0.25) is 0 Å². The van der Waals surface area contributed by atoms with Crippen LogP contribution < -0.4 is 5.32 Å². The standard InChI is InChI=1S/C14H13F2NO2S/c1-8-10(4-13(20-8)14(18)19)7-17-6-9-2-3-11(15)5-12(9)16/h2-5,17H,6-7H2,1H3,(H,18,19). The maximum absolute atomic E-state index is 13.4. The molecule has 0 radical (unpaired) electrons. The average molecular weight is 297 g/mol. The molecule has 106 valence electrons. The summed E-state index contributed by atoms with van der Waals surface area (Å²) in [7, 11) is 0. The minimum atomic E-state index is -0.950. The molecular formula is C14H13F2NO2S. The fraction of sp³-hybridized carbons (Fsp3) is 0.214. The zero-order valence-electron chi connectivity index (χ0n) is 10.7. The third-order valence-electron chi connectivity index (χ3n) is 2.88. The minimum Gasteiger partial charge on any atom is -0.477 e. The number of carboxylic acids is 1. The SMILES string of the molecule is Cc1sc(C(=O)O)cc1CNCc1ccc(F)cc1F. The molecule has 6 heteroatoms. The van der Waals surface area contributed by atoms with Crippen molar-refractivity contribution in [3.8, 4) is 0 Å². The number of hydrogen-bond acceptors (Lipinski definition) is 3. The summed E-state index contributed by atoms with van der Waals surface area (Å²) in [5.41, 5.74) is 1.24. The maximum atomic E-state index is 13.4. The van der Waals surface area contributed by atoms with Crippen LogP contribution in [0, 0.1) is 18.6 Å². The number of carboxylic acid groups (broad SMARTS) is 1. The van der Waals surface area contributed by atoms with Crippen LogP contribution in [0.1, 0.15) is 25.7 Å². The molecule has 2 rings (SSSR count). The van der Waals surface area contributed by atoms with E-state index < -0.39 is 17.6 Å². The maximum Gasteiger partial charge on any atom is 0.345 e. The van der Waals surface area contributed by atoms with E-state index in [1.165, 1.54) is 23.5 Å². The van der Waals surface area contributed by atoms with Crippen molar-refractivity contribution in [2.45, 2.75) is 20.0 Å². The Balaban J connectivity index is 1.97. The largest absolute Gasteiger partial charge is 0.477 e. The van der Waals surface area contributed by atoms with Crippen molar-refractivity contribution in [1.29, 1.82) is 0 Å². The van der Waals surface area contributed by atoms with E-state index in [0.29, 0.717) is 12.1 Å². The molecule has 1 aromatic carbocycles. The molecule has 3 nitrogen and oxygen atoms in total. The van der Waals surface area contributed by atoms with E-state index in [0.717, 1.165) is 16.5 Å². The van der Waals surface area contributed by atoms with Gasteiger partial charge in [0.1, 0.15) is 16.5 Å². The highest BCUT2D eigenvalue weighted by Gasteiger charge is 2.11. The highest BCUT2D eigenvalue weighted by atomic mass is 32.1. The first-order valence-corrected chi connectivity index (χ1v) is 6.76. The molecule has 0 aliphatic carbocycles. The van der Waals surface area contributed by atoms with Gasteiger partial charge in [-0.05, 0) is 24.6 Å². The van der Waals surface area contributed by atoms with Crippen LogP contribution in [-0.2, 0) is 13.1 Å². The van der Waals surface area contributed by atoms with Crippen molar-refractivity contribution >= 4 is 17.3 Å². The van der Waals surface area contributed by atoms with Gasteiger partial charge in [0.05, 0.1) is 0 Å². The van der Waals surface area contributed by atoms with Gasteiger partial charge in [0.15, 0.2) is 0 Å². The molecule has 2 aromatic rings.